The van der Waals surface area contributed by atoms with E-state index in [1.165, 1.54) is 6.92 Å². The lowest BCUT2D eigenvalue weighted by molar-refractivity contribution is -0.143. The van der Waals surface area contributed by atoms with Gasteiger partial charge in [0.25, 0.3) is 0 Å². The van der Waals surface area contributed by atoms with Crippen LogP contribution in [0.15, 0.2) is 0 Å². The maximum Gasteiger partial charge on any atom is 0.303 e. The monoisotopic (exact) mass is 212 g/mol. The van der Waals surface area contributed by atoms with Crippen molar-refractivity contribution < 1.29 is 9.53 Å². The average Bonchev–Trinajstić information content (AvgIpc) is 1.98. The number of ether oxygens (including phenoxy) is 1. The van der Waals surface area contributed by atoms with Crippen LogP contribution in [0.2, 0.25) is 19.6 Å². The quantitative estimate of drug-likeness (QED) is 0.408. The van der Waals surface area contributed by atoms with Gasteiger partial charge in [-0.05, 0) is 6.42 Å². The Balaban J connectivity index is 4.33. The fourth-order valence-corrected chi connectivity index (χ4v) is 1.51. The molecule has 0 spiro atoms. The van der Waals surface area contributed by atoms with Gasteiger partial charge in [-0.2, -0.15) is 0 Å². The summed E-state index contributed by atoms with van der Waals surface area (Å²) in [6, 6.07) is 0. The van der Waals surface area contributed by atoms with Crippen molar-refractivity contribution in [2.45, 2.75) is 52.4 Å². The third-order valence-corrected chi connectivity index (χ3v) is 2.36. The van der Waals surface area contributed by atoms with Gasteiger partial charge in [0, 0.05) is 6.92 Å². The largest absolute Gasteiger partial charge is 0.449 e. The van der Waals surface area contributed by atoms with Crippen molar-refractivity contribution in [3.8, 4) is 11.5 Å². The van der Waals surface area contributed by atoms with Gasteiger partial charge in [-0.25, -0.2) is 0 Å². The van der Waals surface area contributed by atoms with Crippen molar-refractivity contribution in [2.24, 2.45) is 0 Å². The lowest BCUT2D eigenvalue weighted by Crippen LogP contribution is -2.20. The van der Waals surface area contributed by atoms with E-state index in [0.717, 1.165) is 12.8 Å². The third-order valence-electron chi connectivity index (χ3n) is 1.47. The maximum absolute atomic E-state index is 10.8. The summed E-state index contributed by atoms with van der Waals surface area (Å²) < 4.78 is 5.10. The summed E-state index contributed by atoms with van der Waals surface area (Å²) in [4.78, 5) is 10.8. The van der Waals surface area contributed by atoms with Gasteiger partial charge in [0.05, 0.1) is 0 Å². The third kappa shape index (κ3) is 7.87. The first kappa shape index (κ1) is 13.2. The normalized spacial score (nSPS) is 12.6. The molecule has 0 N–H and O–H groups in total. The van der Waals surface area contributed by atoms with Crippen molar-refractivity contribution >= 4 is 14.0 Å². The lowest BCUT2D eigenvalue weighted by Gasteiger charge is -2.11. The fraction of sp³-hybridized carbons (Fsp3) is 0.727. The Morgan fingerprint density at radius 2 is 2.00 bits per heavy atom. The van der Waals surface area contributed by atoms with Crippen LogP contribution in [0.25, 0.3) is 0 Å². The fourth-order valence-electron chi connectivity index (χ4n) is 0.920. The lowest BCUT2D eigenvalue weighted by atomic mass is 10.2. The van der Waals surface area contributed by atoms with Gasteiger partial charge in [-0.15, -0.1) is 5.54 Å². The summed E-state index contributed by atoms with van der Waals surface area (Å²) in [5.41, 5.74) is 3.22. The summed E-state index contributed by atoms with van der Waals surface area (Å²) in [6.45, 7) is 10.0. The first-order valence-electron chi connectivity index (χ1n) is 5.05. The standard InChI is InChI=1S/C11H20O2Si/c1-6-7-11(13-10(2)12)8-9-14(3,4)5/h11H,6-7H2,1-5H3/t11-/m1/s1. The second-order valence-electron chi connectivity index (χ2n) is 4.41. The topological polar surface area (TPSA) is 26.3 Å². The first-order valence-corrected chi connectivity index (χ1v) is 8.55. The highest BCUT2D eigenvalue weighted by Gasteiger charge is 2.11. The molecule has 0 rings (SSSR count). The highest BCUT2D eigenvalue weighted by Crippen LogP contribution is 2.03. The molecule has 0 fully saturated rings. The first-order chi connectivity index (χ1) is 6.35. The zero-order valence-electron chi connectivity index (χ0n) is 9.81. The molecule has 0 radical (unpaired) electrons. The molecule has 0 saturated heterocycles. The van der Waals surface area contributed by atoms with Gasteiger partial charge in [0.15, 0.2) is 6.10 Å². The number of hydrogen-bond acceptors (Lipinski definition) is 2. The van der Waals surface area contributed by atoms with E-state index in [2.05, 4.69) is 38.0 Å². The molecule has 80 valence electrons. The van der Waals surface area contributed by atoms with Crippen LogP contribution in [0.3, 0.4) is 0 Å². The second kappa shape index (κ2) is 5.87. The van der Waals surface area contributed by atoms with Gasteiger partial charge >= 0.3 is 5.97 Å². The molecule has 0 heterocycles. The zero-order valence-corrected chi connectivity index (χ0v) is 10.8. The number of rotatable bonds is 3. The van der Waals surface area contributed by atoms with Crippen molar-refractivity contribution in [3.63, 3.8) is 0 Å². The van der Waals surface area contributed by atoms with Crippen LogP contribution in [0, 0.1) is 11.5 Å². The summed E-state index contributed by atoms with van der Waals surface area (Å²) in [5.74, 6) is 2.82. The predicted octanol–water partition coefficient (Wildman–Crippen LogP) is 2.60. The second-order valence-corrected chi connectivity index (χ2v) is 9.16. The molecule has 0 unspecified atom stereocenters. The Morgan fingerprint density at radius 3 is 2.36 bits per heavy atom. The molecule has 0 saturated carbocycles. The van der Waals surface area contributed by atoms with Crippen LogP contribution in [-0.2, 0) is 9.53 Å². The molecule has 0 aliphatic carbocycles. The molecule has 0 aliphatic heterocycles. The van der Waals surface area contributed by atoms with Crippen LogP contribution in [0.1, 0.15) is 26.7 Å². The number of hydrogen-bond donors (Lipinski definition) is 0. The highest BCUT2D eigenvalue weighted by molar-refractivity contribution is 6.83. The summed E-state index contributed by atoms with van der Waals surface area (Å²) in [5, 5.41) is 0. The minimum Gasteiger partial charge on any atom is -0.449 e. The molecular formula is C11H20O2Si. The van der Waals surface area contributed by atoms with Gasteiger partial charge in [-0.1, -0.05) is 38.9 Å². The molecule has 1 atom stereocenters. The molecule has 0 bridgehead atoms. The van der Waals surface area contributed by atoms with Crippen LogP contribution in [0.5, 0.6) is 0 Å². The molecule has 2 nitrogen and oxygen atoms in total. The molecule has 3 heteroatoms. The van der Waals surface area contributed by atoms with Gasteiger partial charge in [-0.3, -0.25) is 4.79 Å². The SMILES string of the molecule is CCC[C@H](C#C[Si](C)(C)C)OC(C)=O. The molecule has 0 aromatic carbocycles. The Bertz CT molecular complexity index is 242. The van der Waals surface area contributed by atoms with Crippen LogP contribution >= 0.6 is 0 Å². The van der Waals surface area contributed by atoms with E-state index in [9.17, 15) is 4.79 Å². The van der Waals surface area contributed by atoms with Crippen LogP contribution in [-0.4, -0.2) is 20.1 Å². The van der Waals surface area contributed by atoms with Gasteiger partial charge in [0.1, 0.15) is 8.07 Å². The molecular weight excluding hydrogens is 192 g/mol. The van der Waals surface area contributed by atoms with Crippen molar-refractivity contribution in [1.82, 2.24) is 0 Å². The van der Waals surface area contributed by atoms with E-state index >= 15 is 0 Å². The van der Waals surface area contributed by atoms with Crippen molar-refractivity contribution in [2.75, 3.05) is 0 Å². The summed E-state index contributed by atoms with van der Waals surface area (Å²) in [7, 11) is -1.35. The minimum atomic E-state index is -1.35. The Hall–Kier alpha value is -0.753. The maximum atomic E-state index is 10.8. The molecule has 0 aromatic heterocycles. The predicted molar refractivity (Wildman–Crippen MR) is 61.6 cm³/mol. The van der Waals surface area contributed by atoms with E-state index in [1.54, 1.807) is 0 Å². The van der Waals surface area contributed by atoms with E-state index in [1.807, 2.05) is 0 Å². The van der Waals surface area contributed by atoms with E-state index in [4.69, 9.17) is 4.74 Å². The average molecular weight is 212 g/mol. The molecule has 0 amide bonds. The molecule has 14 heavy (non-hydrogen) atoms. The number of carbonyl (C=O) groups is 1. The number of esters is 1. The van der Waals surface area contributed by atoms with E-state index in [-0.39, 0.29) is 12.1 Å². The molecule has 0 aromatic rings. The highest BCUT2D eigenvalue weighted by atomic mass is 28.3. The van der Waals surface area contributed by atoms with Crippen molar-refractivity contribution in [1.29, 1.82) is 0 Å². The Morgan fingerprint density at radius 1 is 1.43 bits per heavy atom. The van der Waals surface area contributed by atoms with Crippen LogP contribution < -0.4 is 0 Å². The zero-order chi connectivity index (χ0) is 11.2. The molecule has 0 aliphatic rings. The Labute approximate surface area is 88.0 Å². The Kier molecular flexibility index (Phi) is 5.55. The summed E-state index contributed by atoms with van der Waals surface area (Å²) >= 11 is 0. The van der Waals surface area contributed by atoms with E-state index < -0.39 is 8.07 Å². The number of carbonyl (C=O) groups excluding carboxylic acids is 1. The van der Waals surface area contributed by atoms with Gasteiger partial charge < -0.3 is 4.74 Å². The van der Waals surface area contributed by atoms with Crippen molar-refractivity contribution in [3.05, 3.63) is 0 Å². The van der Waals surface area contributed by atoms with E-state index in [0.29, 0.717) is 0 Å². The summed E-state index contributed by atoms with van der Waals surface area (Å²) in [6.07, 6.45) is 1.61. The van der Waals surface area contributed by atoms with Crippen LogP contribution in [0.4, 0.5) is 0 Å². The minimum absolute atomic E-state index is 0.204. The smallest absolute Gasteiger partial charge is 0.303 e. The van der Waals surface area contributed by atoms with Gasteiger partial charge in [0.2, 0.25) is 0 Å².